The summed E-state index contributed by atoms with van der Waals surface area (Å²) in [5.74, 6) is -1.18. The van der Waals surface area contributed by atoms with Gasteiger partial charge in [0.15, 0.2) is 0 Å². The number of hydrogen-bond acceptors (Lipinski definition) is 5. The fourth-order valence-electron chi connectivity index (χ4n) is 2.47. The largest absolute Gasteiger partial charge is 0.465 e. The van der Waals surface area contributed by atoms with Crippen LogP contribution in [0.3, 0.4) is 0 Å². The number of methoxy groups -OCH3 is 1. The van der Waals surface area contributed by atoms with Crippen molar-refractivity contribution in [3.63, 3.8) is 0 Å². The minimum absolute atomic E-state index is 0.121. The number of halogens is 3. The highest BCUT2D eigenvalue weighted by Crippen LogP contribution is 2.34. The quantitative estimate of drug-likeness (QED) is 0.821. The van der Waals surface area contributed by atoms with Crippen LogP contribution in [0.5, 0.6) is 0 Å². The van der Waals surface area contributed by atoms with E-state index in [-0.39, 0.29) is 19.1 Å². The first-order chi connectivity index (χ1) is 11.1. The third-order valence-electron chi connectivity index (χ3n) is 3.84. The molecule has 1 aromatic carbocycles. The monoisotopic (exact) mass is 366 g/mol. The second-order valence-electron chi connectivity index (χ2n) is 5.44. The van der Waals surface area contributed by atoms with Gasteiger partial charge < -0.3 is 10.5 Å². The van der Waals surface area contributed by atoms with E-state index in [0.29, 0.717) is 18.9 Å². The van der Waals surface area contributed by atoms with Crippen molar-refractivity contribution in [3.8, 4) is 0 Å². The Morgan fingerprint density at radius 1 is 1.29 bits per heavy atom. The fourth-order valence-corrected chi connectivity index (χ4v) is 3.97. The third kappa shape index (κ3) is 3.70. The van der Waals surface area contributed by atoms with Gasteiger partial charge in [0, 0.05) is 19.1 Å². The standard InChI is InChI=1S/C14H17F3N2O4S/c1-23-13(20)11-3-2-10(8-12(11)14(15,16)17)24(21,22)19-6-4-9(18)5-7-19/h2-3,8-9H,4-7,18H2,1H3. The molecule has 10 heteroatoms. The van der Waals surface area contributed by atoms with Gasteiger partial charge in [-0.2, -0.15) is 17.5 Å². The molecule has 1 aliphatic rings. The number of hydrogen-bond donors (Lipinski definition) is 1. The Kier molecular flexibility index (Phi) is 5.21. The maximum absolute atomic E-state index is 13.2. The Balaban J connectivity index is 2.46. The van der Waals surface area contributed by atoms with Crippen LogP contribution in [0, 0.1) is 0 Å². The van der Waals surface area contributed by atoms with E-state index in [1.54, 1.807) is 0 Å². The number of nitrogens with two attached hydrogens (primary N) is 1. The molecule has 0 aliphatic carbocycles. The summed E-state index contributed by atoms with van der Waals surface area (Å²) in [7, 11) is -3.14. The van der Waals surface area contributed by atoms with E-state index in [0.717, 1.165) is 23.5 Å². The Hall–Kier alpha value is -1.65. The van der Waals surface area contributed by atoms with Crippen LogP contribution in [-0.2, 0) is 20.9 Å². The lowest BCUT2D eigenvalue weighted by Crippen LogP contribution is -2.42. The molecule has 0 bridgehead atoms. The number of rotatable bonds is 3. The minimum atomic E-state index is -4.89. The van der Waals surface area contributed by atoms with Crippen molar-refractivity contribution in [3.05, 3.63) is 29.3 Å². The number of alkyl halides is 3. The molecule has 0 spiro atoms. The molecule has 1 fully saturated rings. The first-order valence-corrected chi connectivity index (χ1v) is 8.56. The lowest BCUT2D eigenvalue weighted by Gasteiger charge is -2.29. The molecular formula is C14H17F3N2O4S. The van der Waals surface area contributed by atoms with Crippen LogP contribution in [0.4, 0.5) is 13.2 Å². The highest BCUT2D eigenvalue weighted by atomic mass is 32.2. The van der Waals surface area contributed by atoms with Crippen LogP contribution in [0.25, 0.3) is 0 Å². The number of ether oxygens (including phenoxy) is 1. The number of esters is 1. The maximum Gasteiger partial charge on any atom is 0.417 e. The summed E-state index contributed by atoms with van der Waals surface area (Å²) in [6, 6.07) is 2.14. The number of piperidine rings is 1. The maximum atomic E-state index is 13.2. The molecule has 1 heterocycles. The summed E-state index contributed by atoms with van der Waals surface area (Å²) in [6.07, 6.45) is -4.02. The van der Waals surface area contributed by atoms with Crippen molar-refractivity contribution < 1.29 is 31.1 Å². The molecule has 2 rings (SSSR count). The fraction of sp³-hybridized carbons (Fsp3) is 0.500. The van der Waals surface area contributed by atoms with Gasteiger partial charge in [-0.3, -0.25) is 0 Å². The van der Waals surface area contributed by atoms with Gasteiger partial charge >= 0.3 is 12.1 Å². The molecule has 0 radical (unpaired) electrons. The van der Waals surface area contributed by atoms with E-state index >= 15 is 0 Å². The highest BCUT2D eigenvalue weighted by molar-refractivity contribution is 7.89. The molecule has 0 saturated carbocycles. The van der Waals surface area contributed by atoms with Crippen LogP contribution in [0.15, 0.2) is 23.1 Å². The Bertz CT molecular complexity index is 726. The Morgan fingerprint density at radius 2 is 1.88 bits per heavy atom. The van der Waals surface area contributed by atoms with Crippen LogP contribution in [-0.4, -0.2) is 44.9 Å². The second-order valence-corrected chi connectivity index (χ2v) is 7.38. The number of sulfonamides is 1. The van der Waals surface area contributed by atoms with Gasteiger partial charge in [-0.25, -0.2) is 13.2 Å². The molecule has 1 saturated heterocycles. The molecular weight excluding hydrogens is 349 g/mol. The van der Waals surface area contributed by atoms with E-state index in [1.165, 1.54) is 0 Å². The van der Waals surface area contributed by atoms with E-state index in [1.807, 2.05) is 0 Å². The zero-order valence-corrected chi connectivity index (χ0v) is 13.7. The number of nitrogens with zero attached hydrogens (tertiary/aromatic N) is 1. The van der Waals surface area contributed by atoms with Gasteiger partial charge in [-0.05, 0) is 31.0 Å². The predicted octanol–water partition coefficient (Wildman–Crippen LogP) is 1.60. The first-order valence-electron chi connectivity index (χ1n) is 7.12. The molecule has 0 unspecified atom stereocenters. The van der Waals surface area contributed by atoms with Gasteiger partial charge in [-0.15, -0.1) is 0 Å². The molecule has 2 N–H and O–H groups in total. The van der Waals surface area contributed by atoms with E-state index in [2.05, 4.69) is 4.74 Å². The molecule has 134 valence electrons. The normalized spacial score (nSPS) is 17.7. The van der Waals surface area contributed by atoms with Crippen LogP contribution in [0.1, 0.15) is 28.8 Å². The molecule has 0 aromatic heterocycles. The lowest BCUT2D eigenvalue weighted by molar-refractivity contribution is -0.138. The average Bonchev–Trinajstić information content (AvgIpc) is 2.53. The van der Waals surface area contributed by atoms with Gasteiger partial charge in [0.25, 0.3) is 0 Å². The van der Waals surface area contributed by atoms with Crippen LogP contribution in [0.2, 0.25) is 0 Å². The van der Waals surface area contributed by atoms with Crippen molar-refractivity contribution in [2.24, 2.45) is 5.73 Å². The molecule has 6 nitrogen and oxygen atoms in total. The van der Waals surface area contributed by atoms with E-state index < -0.39 is 38.2 Å². The van der Waals surface area contributed by atoms with Crippen LogP contribution >= 0.6 is 0 Å². The lowest BCUT2D eigenvalue weighted by atomic mass is 10.1. The number of carbonyl (C=O) groups excluding carboxylic acids is 1. The summed E-state index contributed by atoms with van der Waals surface area (Å²) >= 11 is 0. The van der Waals surface area contributed by atoms with Crippen molar-refractivity contribution in [1.82, 2.24) is 4.31 Å². The predicted molar refractivity (Wildman–Crippen MR) is 78.8 cm³/mol. The Morgan fingerprint density at radius 3 is 2.38 bits per heavy atom. The minimum Gasteiger partial charge on any atom is -0.465 e. The molecule has 0 atom stereocenters. The van der Waals surface area contributed by atoms with Gasteiger partial charge in [-0.1, -0.05) is 0 Å². The first kappa shape index (κ1) is 18.7. The van der Waals surface area contributed by atoms with E-state index in [9.17, 15) is 26.4 Å². The number of carbonyl (C=O) groups is 1. The summed E-state index contributed by atoms with van der Waals surface area (Å²) in [5, 5.41) is 0. The summed E-state index contributed by atoms with van der Waals surface area (Å²) < 4.78 is 70.0. The summed E-state index contributed by atoms with van der Waals surface area (Å²) in [6.45, 7) is 0.285. The summed E-state index contributed by atoms with van der Waals surface area (Å²) in [4.78, 5) is 11.0. The van der Waals surface area contributed by atoms with Crippen LogP contribution < -0.4 is 5.73 Å². The SMILES string of the molecule is COC(=O)c1ccc(S(=O)(=O)N2CCC(N)CC2)cc1C(F)(F)F. The second kappa shape index (κ2) is 6.69. The molecule has 1 aromatic rings. The topological polar surface area (TPSA) is 89.7 Å². The zero-order chi connectivity index (χ0) is 18.1. The highest BCUT2D eigenvalue weighted by Gasteiger charge is 2.38. The van der Waals surface area contributed by atoms with Crippen molar-refractivity contribution in [2.45, 2.75) is 30.0 Å². The summed E-state index contributed by atoms with van der Waals surface area (Å²) in [5.41, 5.74) is 3.63. The van der Waals surface area contributed by atoms with E-state index in [4.69, 9.17) is 5.73 Å². The van der Waals surface area contributed by atoms with Crippen molar-refractivity contribution in [2.75, 3.05) is 20.2 Å². The smallest absolute Gasteiger partial charge is 0.417 e. The van der Waals surface area contributed by atoms with Crippen molar-refractivity contribution >= 4 is 16.0 Å². The van der Waals surface area contributed by atoms with Gasteiger partial charge in [0.05, 0.1) is 23.1 Å². The molecule has 24 heavy (non-hydrogen) atoms. The number of benzene rings is 1. The molecule has 0 amide bonds. The third-order valence-corrected chi connectivity index (χ3v) is 5.73. The van der Waals surface area contributed by atoms with Gasteiger partial charge in [0.1, 0.15) is 0 Å². The average molecular weight is 366 g/mol. The van der Waals surface area contributed by atoms with Crippen molar-refractivity contribution in [1.29, 1.82) is 0 Å². The van der Waals surface area contributed by atoms with Gasteiger partial charge in [0.2, 0.25) is 10.0 Å². The zero-order valence-electron chi connectivity index (χ0n) is 12.8. The Labute approximate surface area is 137 Å². The molecule has 1 aliphatic heterocycles.